The van der Waals surface area contributed by atoms with Crippen LogP contribution in [0.15, 0.2) is 60.7 Å². The Morgan fingerprint density at radius 3 is 1.98 bits per heavy atom. The Morgan fingerprint density at radius 1 is 0.750 bits per heavy atom. The lowest BCUT2D eigenvalue weighted by Gasteiger charge is -2.21. The van der Waals surface area contributed by atoms with Gasteiger partial charge >= 0.3 is 17.9 Å². The van der Waals surface area contributed by atoms with E-state index in [9.17, 15) is 55.2 Å². The number of carbonyl (C=O) groups excluding carboxylic acids is 1. The zero-order chi connectivity index (χ0) is 29.6. The van der Waals surface area contributed by atoms with E-state index in [2.05, 4.69) is 0 Å². The highest BCUT2D eigenvalue weighted by Crippen LogP contribution is 2.33. The van der Waals surface area contributed by atoms with Gasteiger partial charge in [0.15, 0.2) is 34.5 Å². The third-order valence-electron chi connectivity index (χ3n) is 5.51. The van der Waals surface area contributed by atoms with Gasteiger partial charge in [0, 0.05) is 12.5 Å². The van der Waals surface area contributed by atoms with Gasteiger partial charge < -0.3 is 50.3 Å². The van der Waals surface area contributed by atoms with Crippen molar-refractivity contribution in [1.82, 2.24) is 0 Å². The molecule has 0 aliphatic heterocycles. The molecule has 0 fully saturated rings. The average molecular weight is 556 g/mol. The van der Waals surface area contributed by atoms with Gasteiger partial charge in [-0.25, -0.2) is 14.4 Å². The van der Waals surface area contributed by atoms with E-state index in [0.29, 0.717) is 0 Å². The zero-order valence-electron chi connectivity index (χ0n) is 20.4. The summed E-state index contributed by atoms with van der Waals surface area (Å²) in [5.41, 5.74) is 0.419. The van der Waals surface area contributed by atoms with Crippen LogP contribution < -0.4 is 4.74 Å². The van der Waals surface area contributed by atoms with Gasteiger partial charge in [-0.15, -0.1) is 0 Å². The minimum atomic E-state index is -1.92. The van der Waals surface area contributed by atoms with Gasteiger partial charge in [-0.3, -0.25) is 0 Å². The summed E-state index contributed by atoms with van der Waals surface area (Å²) in [4.78, 5) is 35.4. The topological polar surface area (TPSA) is 232 Å². The van der Waals surface area contributed by atoms with Crippen molar-refractivity contribution in [2.75, 3.05) is 0 Å². The van der Waals surface area contributed by atoms with E-state index in [1.807, 2.05) is 0 Å². The summed E-state index contributed by atoms with van der Waals surface area (Å²) in [6.07, 6.45) is -3.56. The van der Waals surface area contributed by atoms with E-state index in [-0.39, 0.29) is 28.9 Å². The van der Waals surface area contributed by atoms with Crippen molar-refractivity contribution >= 4 is 24.0 Å². The van der Waals surface area contributed by atoms with Crippen LogP contribution in [0.5, 0.6) is 34.5 Å². The SMILES string of the molecule is O=C(/C=C/c1ccc(OC(C(=O)O)C(O)c2ccc(O)c(O)c2)c(O)c1)OC(Cc1ccc(O)c(O)c1)C(=O)O. The van der Waals surface area contributed by atoms with E-state index >= 15 is 0 Å². The fourth-order valence-corrected chi connectivity index (χ4v) is 3.46. The van der Waals surface area contributed by atoms with E-state index in [0.717, 1.165) is 42.5 Å². The number of aliphatic hydroxyl groups is 1. The van der Waals surface area contributed by atoms with Gasteiger partial charge in [-0.1, -0.05) is 18.2 Å². The number of carbonyl (C=O) groups is 3. The number of benzene rings is 3. The van der Waals surface area contributed by atoms with E-state index in [4.69, 9.17) is 9.47 Å². The number of hydrogen-bond acceptors (Lipinski definition) is 11. The third-order valence-corrected chi connectivity index (χ3v) is 5.51. The van der Waals surface area contributed by atoms with Crippen LogP contribution >= 0.6 is 0 Å². The molecule has 13 nitrogen and oxygen atoms in total. The van der Waals surface area contributed by atoms with Crippen LogP contribution in [0, 0.1) is 0 Å². The summed E-state index contributed by atoms with van der Waals surface area (Å²) >= 11 is 0. The lowest BCUT2D eigenvalue weighted by Crippen LogP contribution is -2.33. The van der Waals surface area contributed by atoms with Crippen LogP contribution in [0.25, 0.3) is 6.08 Å². The van der Waals surface area contributed by atoms with Crippen molar-refractivity contribution in [2.24, 2.45) is 0 Å². The lowest BCUT2D eigenvalue weighted by molar-refractivity contribution is -0.160. The van der Waals surface area contributed by atoms with Crippen molar-refractivity contribution in [3.05, 3.63) is 77.4 Å². The summed E-state index contributed by atoms with van der Waals surface area (Å²) in [7, 11) is 0. The Kier molecular flexibility index (Phi) is 9.04. The number of rotatable bonds is 11. The van der Waals surface area contributed by atoms with E-state index in [1.165, 1.54) is 24.3 Å². The van der Waals surface area contributed by atoms with Gasteiger partial charge in [0.05, 0.1) is 0 Å². The van der Waals surface area contributed by atoms with Crippen LogP contribution in [-0.2, 0) is 25.5 Å². The molecule has 3 aromatic rings. The molecule has 40 heavy (non-hydrogen) atoms. The smallest absolute Gasteiger partial charge is 0.348 e. The number of hydrogen-bond donors (Lipinski definition) is 8. The second-order valence-electron chi connectivity index (χ2n) is 8.42. The van der Waals surface area contributed by atoms with Gasteiger partial charge in [-0.2, -0.15) is 0 Å². The first-order valence-electron chi connectivity index (χ1n) is 11.4. The van der Waals surface area contributed by atoms with E-state index in [1.54, 1.807) is 0 Å². The fourth-order valence-electron chi connectivity index (χ4n) is 3.46. The third kappa shape index (κ3) is 7.33. The molecule has 3 unspecified atom stereocenters. The first kappa shape index (κ1) is 29.1. The number of phenols is 5. The van der Waals surface area contributed by atoms with Gasteiger partial charge in [0.25, 0.3) is 0 Å². The number of ether oxygens (including phenoxy) is 2. The molecule has 0 bridgehead atoms. The molecule has 8 N–H and O–H groups in total. The van der Waals surface area contributed by atoms with Gasteiger partial charge in [0.1, 0.15) is 6.10 Å². The summed E-state index contributed by atoms with van der Waals surface area (Å²) in [6, 6.07) is 10.4. The van der Waals surface area contributed by atoms with Crippen molar-refractivity contribution < 1.29 is 64.7 Å². The zero-order valence-corrected chi connectivity index (χ0v) is 20.4. The first-order chi connectivity index (χ1) is 18.8. The Bertz CT molecular complexity index is 1450. The highest BCUT2D eigenvalue weighted by molar-refractivity contribution is 5.89. The predicted octanol–water partition coefficient (Wildman–Crippen LogP) is 2.03. The normalized spacial score (nSPS) is 13.3. The Hall–Kier alpha value is -5.43. The second-order valence-corrected chi connectivity index (χ2v) is 8.42. The van der Waals surface area contributed by atoms with Crippen molar-refractivity contribution in [3.63, 3.8) is 0 Å². The molecule has 0 radical (unpaired) electrons. The summed E-state index contributed by atoms with van der Waals surface area (Å²) < 4.78 is 10.2. The maximum atomic E-state index is 12.2. The van der Waals surface area contributed by atoms with Gasteiger partial charge in [-0.05, 0) is 59.2 Å². The highest BCUT2D eigenvalue weighted by Gasteiger charge is 2.31. The molecule has 3 rings (SSSR count). The number of carboxylic acid groups (broad SMARTS) is 2. The fraction of sp³-hybridized carbons (Fsp3) is 0.148. The van der Waals surface area contributed by atoms with Gasteiger partial charge in [0.2, 0.25) is 12.2 Å². The number of aliphatic carboxylic acids is 2. The predicted molar refractivity (Wildman–Crippen MR) is 135 cm³/mol. The Morgan fingerprint density at radius 2 is 1.40 bits per heavy atom. The second kappa shape index (κ2) is 12.4. The van der Waals surface area contributed by atoms with Crippen LogP contribution in [0.2, 0.25) is 0 Å². The monoisotopic (exact) mass is 556 g/mol. The molecular formula is C27H24O13. The van der Waals surface area contributed by atoms with Crippen LogP contribution in [0.1, 0.15) is 22.8 Å². The number of phenolic OH excluding ortho intramolecular Hbond substituents is 5. The molecule has 3 atom stereocenters. The average Bonchev–Trinajstić information content (AvgIpc) is 2.89. The molecule has 0 saturated heterocycles. The maximum absolute atomic E-state index is 12.2. The lowest BCUT2D eigenvalue weighted by atomic mass is 10.0. The molecule has 0 spiro atoms. The number of carboxylic acids is 2. The number of aliphatic hydroxyl groups excluding tert-OH is 1. The minimum absolute atomic E-state index is 0.0814. The highest BCUT2D eigenvalue weighted by atomic mass is 16.6. The molecule has 0 saturated carbocycles. The summed E-state index contributed by atoms with van der Waals surface area (Å²) in [5, 5.41) is 77.5. The quantitative estimate of drug-likeness (QED) is 0.0961. The van der Waals surface area contributed by atoms with Crippen molar-refractivity contribution in [1.29, 1.82) is 0 Å². The number of esters is 1. The first-order valence-corrected chi connectivity index (χ1v) is 11.4. The molecule has 0 aromatic heterocycles. The molecule has 13 heteroatoms. The van der Waals surface area contributed by atoms with Crippen LogP contribution in [-0.4, -0.2) is 71.0 Å². The van der Waals surface area contributed by atoms with Crippen molar-refractivity contribution in [3.8, 4) is 34.5 Å². The molecular weight excluding hydrogens is 532 g/mol. The molecule has 3 aromatic carbocycles. The summed E-state index contributed by atoms with van der Waals surface area (Å²) in [6.45, 7) is 0. The molecule has 0 aliphatic rings. The molecule has 0 amide bonds. The van der Waals surface area contributed by atoms with Crippen LogP contribution in [0.4, 0.5) is 0 Å². The molecule has 0 aliphatic carbocycles. The maximum Gasteiger partial charge on any atom is 0.348 e. The standard InChI is InChI=1S/C27H24O13/c28-16-5-1-14(10-18(16)30)11-22(26(35)36)39-23(33)8-3-13-2-7-21(20(32)9-13)40-25(27(37)38)24(34)15-4-6-17(29)19(31)12-15/h1-10,12,22,24-25,28-32,34H,11H2,(H,35,36)(H,37,38)/b8-3+. The van der Waals surface area contributed by atoms with E-state index < -0.39 is 65.0 Å². The van der Waals surface area contributed by atoms with Crippen LogP contribution in [0.3, 0.4) is 0 Å². The Balaban J connectivity index is 1.68. The Labute approximate surface area is 225 Å². The molecule has 0 heterocycles. The summed E-state index contributed by atoms with van der Waals surface area (Å²) in [5.74, 6) is -6.92. The molecule has 210 valence electrons. The minimum Gasteiger partial charge on any atom is -0.504 e. The van der Waals surface area contributed by atoms with Crippen molar-refractivity contribution in [2.45, 2.75) is 24.7 Å². The largest absolute Gasteiger partial charge is 0.504 e. The number of aromatic hydroxyl groups is 5.